The lowest BCUT2D eigenvalue weighted by Gasteiger charge is -2.29. The van der Waals surface area contributed by atoms with E-state index in [1.54, 1.807) is 0 Å². The molecule has 3 heteroatoms. The van der Waals surface area contributed by atoms with Gasteiger partial charge in [-0.25, -0.2) is 0 Å². The van der Waals surface area contributed by atoms with Crippen LogP contribution in [0.1, 0.15) is 58.1 Å². The zero-order chi connectivity index (χ0) is 14.5. The molecule has 1 unspecified atom stereocenters. The van der Waals surface area contributed by atoms with Crippen LogP contribution < -0.4 is 10.1 Å². The Labute approximate surface area is 122 Å². The molecule has 20 heavy (non-hydrogen) atoms. The summed E-state index contributed by atoms with van der Waals surface area (Å²) in [7, 11) is 0. The normalized spacial score (nSPS) is 24.6. The minimum absolute atomic E-state index is 0.0872. The summed E-state index contributed by atoms with van der Waals surface area (Å²) in [5.74, 6) is 0.928. The second kappa shape index (κ2) is 7.09. The molecule has 1 fully saturated rings. The Morgan fingerprint density at radius 1 is 1.05 bits per heavy atom. The minimum atomic E-state index is -0.0872. The summed E-state index contributed by atoms with van der Waals surface area (Å²) in [4.78, 5) is 0. The Morgan fingerprint density at radius 2 is 1.65 bits per heavy atom. The molecule has 0 spiro atoms. The third-order valence-electron chi connectivity index (χ3n) is 3.93. The molecule has 2 N–H and O–H groups in total. The van der Waals surface area contributed by atoms with Crippen molar-refractivity contribution in [3.63, 3.8) is 0 Å². The average molecular weight is 277 g/mol. The van der Waals surface area contributed by atoms with Gasteiger partial charge in [0.15, 0.2) is 0 Å². The van der Waals surface area contributed by atoms with E-state index in [0.717, 1.165) is 31.4 Å². The minimum Gasteiger partial charge on any atom is -0.491 e. The van der Waals surface area contributed by atoms with Crippen LogP contribution >= 0.6 is 0 Å². The van der Waals surface area contributed by atoms with E-state index in [-0.39, 0.29) is 12.2 Å². The lowest BCUT2D eigenvalue weighted by atomic mass is 9.92. The fourth-order valence-corrected chi connectivity index (χ4v) is 2.80. The monoisotopic (exact) mass is 277 g/mol. The molecule has 1 aliphatic rings. The SMILES string of the molecule is CC(C)Oc1ccc(C(C)NC2CCC(O)CC2)cc1. The third kappa shape index (κ3) is 4.50. The van der Waals surface area contributed by atoms with Gasteiger partial charge < -0.3 is 15.2 Å². The highest BCUT2D eigenvalue weighted by molar-refractivity contribution is 5.29. The summed E-state index contributed by atoms with van der Waals surface area (Å²) in [5.41, 5.74) is 1.28. The van der Waals surface area contributed by atoms with Crippen LogP contribution in [-0.2, 0) is 0 Å². The lowest BCUT2D eigenvalue weighted by Crippen LogP contribution is -2.36. The number of hydrogen-bond donors (Lipinski definition) is 2. The van der Waals surface area contributed by atoms with Crippen molar-refractivity contribution >= 4 is 0 Å². The van der Waals surface area contributed by atoms with Crippen molar-refractivity contribution in [3.8, 4) is 5.75 Å². The van der Waals surface area contributed by atoms with Crippen LogP contribution in [0.25, 0.3) is 0 Å². The Kier molecular flexibility index (Phi) is 5.44. The molecule has 0 radical (unpaired) electrons. The zero-order valence-corrected chi connectivity index (χ0v) is 12.8. The van der Waals surface area contributed by atoms with Gasteiger partial charge in [0.05, 0.1) is 12.2 Å². The zero-order valence-electron chi connectivity index (χ0n) is 12.8. The van der Waals surface area contributed by atoms with Crippen LogP contribution in [-0.4, -0.2) is 23.4 Å². The molecule has 2 rings (SSSR count). The number of hydrogen-bond acceptors (Lipinski definition) is 3. The first-order chi connectivity index (χ1) is 9.54. The molecule has 1 saturated carbocycles. The van der Waals surface area contributed by atoms with E-state index in [2.05, 4.69) is 24.4 Å². The predicted molar refractivity (Wildman–Crippen MR) is 82.0 cm³/mol. The molecule has 0 saturated heterocycles. The van der Waals surface area contributed by atoms with Gasteiger partial charge in [-0.1, -0.05) is 12.1 Å². The van der Waals surface area contributed by atoms with Crippen molar-refractivity contribution in [3.05, 3.63) is 29.8 Å². The molecule has 0 aliphatic heterocycles. The maximum absolute atomic E-state index is 9.54. The van der Waals surface area contributed by atoms with Gasteiger partial charge in [0.25, 0.3) is 0 Å². The molecule has 1 aromatic carbocycles. The molecule has 0 bridgehead atoms. The van der Waals surface area contributed by atoms with Crippen LogP contribution in [0.4, 0.5) is 0 Å². The lowest BCUT2D eigenvalue weighted by molar-refractivity contribution is 0.114. The molecule has 0 heterocycles. The third-order valence-corrected chi connectivity index (χ3v) is 3.93. The van der Waals surface area contributed by atoms with Crippen LogP contribution in [0.15, 0.2) is 24.3 Å². The van der Waals surface area contributed by atoms with Gasteiger partial charge in [-0.05, 0) is 64.2 Å². The second-order valence-electron chi connectivity index (χ2n) is 6.13. The van der Waals surface area contributed by atoms with Crippen LogP contribution in [0.2, 0.25) is 0 Å². The molecule has 112 valence electrons. The predicted octanol–water partition coefficient (Wildman–Crippen LogP) is 3.43. The van der Waals surface area contributed by atoms with E-state index in [9.17, 15) is 5.11 Å². The molecule has 0 aromatic heterocycles. The van der Waals surface area contributed by atoms with Gasteiger partial charge >= 0.3 is 0 Å². The highest BCUT2D eigenvalue weighted by Crippen LogP contribution is 2.23. The van der Waals surface area contributed by atoms with Crippen LogP contribution in [0.5, 0.6) is 5.75 Å². The Bertz CT molecular complexity index is 394. The topological polar surface area (TPSA) is 41.5 Å². The fourth-order valence-electron chi connectivity index (χ4n) is 2.80. The first kappa shape index (κ1) is 15.3. The number of aliphatic hydroxyl groups is 1. The van der Waals surface area contributed by atoms with Gasteiger partial charge in [0.2, 0.25) is 0 Å². The average Bonchev–Trinajstić information content (AvgIpc) is 2.41. The van der Waals surface area contributed by atoms with Crippen molar-refractivity contribution in [2.45, 2.75) is 70.7 Å². The summed E-state index contributed by atoms with van der Waals surface area (Å²) in [5, 5.41) is 13.2. The number of rotatable bonds is 5. The van der Waals surface area contributed by atoms with E-state index >= 15 is 0 Å². The van der Waals surface area contributed by atoms with Crippen molar-refractivity contribution in [1.82, 2.24) is 5.32 Å². The highest BCUT2D eigenvalue weighted by Gasteiger charge is 2.20. The molecular weight excluding hydrogens is 250 g/mol. The maximum atomic E-state index is 9.54. The Morgan fingerprint density at radius 3 is 2.20 bits per heavy atom. The van der Waals surface area contributed by atoms with Gasteiger partial charge in [0.1, 0.15) is 5.75 Å². The fraction of sp³-hybridized carbons (Fsp3) is 0.647. The Balaban J connectivity index is 1.87. The van der Waals surface area contributed by atoms with Gasteiger partial charge in [-0.3, -0.25) is 0 Å². The summed E-state index contributed by atoms with van der Waals surface area (Å²) in [6.45, 7) is 6.27. The first-order valence-electron chi connectivity index (χ1n) is 7.75. The Hall–Kier alpha value is -1.06. The largest absolute Gasteiger partial charge is 0.491 e. The molecular formula is C17H27NO2. The van der Waals surface area contributed by atoms with E-state index < -0.39 is 0 Å². The van der Waals surface area contributed by atoms with Crippen LogP contribution in [0, 0.1) is 0 Å². The van der Waals surface area contributed by atoms with E-state index in [4.69, 9.17) is 4.74 Å². The molecule has 1 atom stereocenters. The molecule has 0 amide bonds. The van der Waals surface area contributed by atoms with Gasteiger partial charge in [0, 0.05) is 12.1 Å². The highest BCUT2D eigenvalue weighted by atomic mass is 16.5. The van der Waals surface area contributed by atoms with Gasteiger partial charge in [-0.2, -0.15) is 0 Å². The van der Waals surface area contributed by atoms with Crippen molar-refractivity contribution in [2.75, 3.05) is 0 Å². The smallest absolute Gasteiger partial charge is 0.119 e. The van der Waals surface area contributed by atoms with Crippen molar-refractivity contribution in [2.24, 2.45) is 0 Å². The number of nitrogens with one attached hydrogen (secondary N) is 1. The molecule has 3 nitrogen and oxygen atoms in total. The van der Waals surface area contributed by atoms with E-state index in [0.29, 0.717) is 12.1 Å². The number of ether oxygens (including phenoxy) is 1. The number of benzene rings is 1. The van der Waals surface area contributed by atoms with E-state index in [1.165, 1.54) is 5.56 Å². The maximum Gasteiger partial charge on any atom is 0.119 e. The molecule has 1 aromatic rings. The number of aliphatic hydroxyl groups excluding tert-OH is 1. The van der Waals surface area contributed by atoms with Crippen molar-refractivity contribution in [1.29, 1.82) is 0 Å². The first-order valence-corrected chi connectivity index (χ1v) is 7.75. The molecule has 1 aliphatic carbocycles. The summed E-state index contributed by atoms with van der Waals surface area (Å²) in [6.07, 6.45) is 4.11. The second-order valence-corrected chi connectivity index (χ2v) is 6.13. The van der Waals surface area contributed by atoms with Crippen LogP contribution in [0.3, 0.4) is 0 Å². The summed E-state index contributed by atoms with van der Waals surface area (Å²) >= 11 is 0. The summed E-state index contributed by atoms with van der Waals surface area (Å²) in [6, 6.07) is 9.21. The van der Waals surface area contributed by atoms with E-state index in [1.807, 2.05) is 26.0 Å². The quantitative estimate of drug-likeness (QED) is 0.866. The van der Waals surface area contributed by atoms with Gasteiger partial charge in [-0.15, -0.1) is 0 Å². The van der Waals surface area contributed by atoms with Crippen molar-refractivity contribution < 1.29 is 9.84 Å². The standard InChI is InChI=1S/C17H27NO2/c1-12(2)20-17-10-4-14(5-11-17)13(3)18-15-6-8-16(19)9-7-15/h4-5,10-13,15-16,18-19H,6-9H2,1-3H3. The summed E-state index contributed by atoms with van der Waals surface area (Å²) < 4.78 is 5.66.